The Bertz CT molecular complexity index is 998. The SMILES string of the molecule is CCCCCCCC/C=C/C/C=C/C=C/C(O)CCCC(=O)N[C@@H](COP(=O)([O-])OCC[N+](C)(C)C)[C@H](O)CCCCCCCCCCCCCCCC. The average Bonchev–Trinajstić information content (AvgIpc) is 3.11. The minimum absolute atomic E-state index is 0.0220. The molecule has 0 aliphatic carbocycles. The van der Waals surface area contributed by atoms with Gasteiger partial charge in [0.2, 0.25) is 5.91 Å². The molecule has 0 bridgehead atoms. The van der Waals surface area contributed by atoms with Crippen LogP contribution >= 0.6 is 7.82 Å². The van der Waals surface area contributed by atoms with Crippen LogP contribution in [0.15, 0.2) is 36.5 Å². The Labute approximate surface area is 332 Å². The van der Waals surface area contributed by atoms with E-state index in [0.29, 0.717) is 30.3 Å². The van der Waals surface area contributed by atoms with Gasteiger partial charge in [-0.1, -0.05) is 172 Å². The number of nitrogens with one attached hydrogen (secondary N) is 1. The number of phosphoric acid groups is 1. The number of amides is 1. The zero-order valence-electron chi connectivity index (χ0n) is 35.5. The molecule has 2 unspecified atom stereocenters. The Hall–Kier alpha value is -1.32. The van der Waals surface area contributed by atoms with Gasteiger partial charge in [-0.2, -0.15) is 0 Å². The highest BCUT2D eigenvalue weighted by Gasteiger charge is 2.24. The first kappa shape index (κ1) is 52.7. The molecule has 0 fully saturated rings. The number of nitrogens with zero attached hydrogens (tertiary/aromatic N) is 1. The van der Waals surface area contributed by atoms with Crippen LogP contribution in [0.3, 0.4) is 0 Å². The highest BCUT2D eigenvalue weighted by molar-refractivity contribution is 7.45. The fourth-order valence-electron chi connectivity index (χ4n) is 6.17. The summed E-state index contributed by atoms with van der Waals surface area (Å²) < 4.78 is 23.2. The van der Waals surface area contributed by atoms with Gasteiger partial charge in [-0.25, -0.2) is 0 Å². The van der Waals surface area contributed by atoms with Crippen molar-refractivity contribution in [3.05, 3.63) is 36.5 Å². The fraction of sp³-hybridized carbons (Fsp3) is 0.841. The molecule has 0 rings (SSSR count). The molecule has 0 heterocycles. The topological polar surface area (TPSA) is 128 Å². The summed E-state index contributed by atoms with van der Waals surface area (Å²) in [6.07, 6.45) is 38.8. The minimum atomic E-state index is -4.61. The minimum Gasteiger partial charge on any atom is -0.756 e. The molecule has 0 saturated heterocycles. The van der Waals surface area contributed by atoms with Crippen LogP contribution < -0.4 is 10.2 Å². The van der Waals surface area contributed by atoms with E-state index in [2.05, 4.69) is 37.4 Å². The molecule has 0 radical (unpaired) electrons. The van der Waals surface area contributed by atoms with Gasteiger partial charge in [-0.05, 0) is 38.5 Å². The summed E-state index contributed by atoms with van der Waals surface area (Å²) in [7, 11) is 1.19. The molecule has 0 aliphatic heterocycles. The standard InChI is InChI=1S/C44H85N2O7P/c1-6-8-10-12-14-16-18-20-22-24-26-28-30-32-36-43(48)42(40-53-54(50,51)52-39-38-46(3,4)5)45-44(49)37-33-35-41(47)34-31-29-27-25-23-21-19-17-15-13-11-9-7-2/h21,23,27,29,31,34,41-43,47-48H,6-20,22,24-26,28,30,32-33,35-40H2,1-5H3,(H-,45,49,50,51)/b23-21+,29-27+,34-31+/t41?,42-,43+/m0/s1. The quantitative estimate of drug-likeness (QED) is 0.0186. The first-order chi connectivity index (χ1) is 25.9. The number of carbonyl (C=O) groups excluding carboxylic acids is 1. The maximum atomic E-state index is 12.9. The van der Waals surface area contributed by atoms with Crippen molar-refractivity contribution < 1.29 is 38.0 Å². The molecule has 0 aromatic carbocycles. The van der Waals surface area contributed by atoms with Crippen molar-refractivity contribution in [3.8, 4) is 0 Å². The van der Waals surface area contributed by atoms with Gasteiger partial charge in [0, 0.05) is 6.42 Å². The number of hydrogen-bond donors (Lipinski definition) is 3. The predicted molar refractivity (Wildman–Crippen MR) is 225 cm³/mol. The van der Waals surface area contributed by atoms with Crippen LogP contribution in [0.5, 0.6) is 0 Å². The van der Waals surface area contributed by atoms with Gasteiger partial charge in [-0.3, -0.25) is 9.36 Å². The molecule has 0 aromatic heterocycles. The third-order valence-electron chi connectivity index (χ3n) is 9.74. The molecule has 9 nitrogen and oxygen atoms in total. The van der Waals surface area contributed by atoms with E-state index in [9.17, 15) is 24.5 Å². The number of phosphoric ester groups is 1. The number of likely N-dealkylation sites (N-methyl/N-ethyl adjacent to an activating group) is 1. The molecule has 0 aromatic rings. The van der Waals surface area contributed by atoms with Gasteiger partial charge in [0.25, 0.3) is 7.82 Å². The molecule has 10 heteroatoms. The van der Waals surface area contributed by atoms with E-state index in [4.69, 9.17) is 9.05 Å². The summed E-state index contributed by atoms with van der Waals surface area (Å²) in [5.41, 5.74) is 0. The highest BCUT2D eigenvalue weighted by Crippen LogP contribution is 2.38. The number of carbonyl (C=O) groups is 1. The van der Waals surface area contributed by atoms with Gasteiger partial charge in [0.15, 0.2) is 0 Å². The molecule has 1 amide bonds. The van der Waals surface area contributed by atoms with E-state index >= 15 is 0 Å². The van der Waals surface area contributed by atoms with Crippen molar-refractivity contribution >= 4 is 13.7 Å². The smallest absolute Gasteiger partial charge is 0.268 e. The van der Waals surface area contributed by atoms with Gasteiger partial charge in [-0.15, -0.1) is 0 Å². The average molecular weight is 785 g/mol. The maximum absolute atomic E-state index is 12.9. The number of rotatable bonds is 39. The Kier molecular flexibility index (Phi) is 35.2. The largest absolute Gasteiger partial charge is 0.756 e. The number of hydrogen-bond acceptors (Lipinski definition) is 7. The summed E-state index contributed by atoms with van der Waals surface area (Å²) >= 11 is 0. The summed E-state index contributed by atoms with van der Waals surface area (Å²) in [5.74, 6) is -0.320. The van der Waals surface area contributed by atoms with Gasteiger partial charge < -0.3 is 34.0 Å². The van der Waals surface area contributed by atoms with Crippen molar-refractivity contribution in [1.29, 1.82) is 0 Å². The normalized spacial score (nSPS) is 15.3. The zero-order chi connectivity index (χ0) is 40.2. The van der Waals surface area contributed by atoms with Crippen LogP contribution in [0.1, 0.15) is 181 Å². The van der Waals surface area contributed by atoms with Crippen LogP contribution in [-0.4, -0.2) is 79.8 Å². The lowest BCUT2D eigenvalue weighted by atomic mass is 10.0. The number of quaternary nitrogens is 1. The number of unbranched alkanes of at least 4 members (excludes halogenated alkanes) is 19. The molecule has 54 heavy (non-hydrogen) atoms. The predicted octanol–water partition coefficient (Wildman–Crippen LogP) is 10.3. The first-order valence-corrected chi connectivity index (χ1v) is 23.4. The van der Waals surface area contributed by atoms with Crippen LogP contribution in [0.25, 0.3) is 0 Å². The second-order valence-electron chi connectivity index (χ2n) is 16.3. The Balaban J connectivity index is 4.59. The van der Waals surface area contributed by atoms with Gasteiger partial charge in [0.05, 0.1) is 46.0 Å². The lowest BCUT2D eigenvalue weighted by molar-refractivity contribution is -0.870. The lowest BCUT2D eigenvalue weighted by Gasteiger charge is -2.30. The summed E-state index contributed by atoms with van der Waals surface area (Å²) in [5, 5.41) is 24.1. The third-order valence-corrected chi connectivity index (χ3v) is 10.7. The second-order valence-corrected chi connectivity index (χ2v) is 17.7. The summed E-state index contributed by atoms with van der Waals surface area (Å²) in [6, 6.07) is -0.890. The lowest BCUT2D eigenvalue weighted by Crippen LogP contribution is -2.46. The van der Waals surface area contributed by atoms with E-state index in [0.717, 1.165) is 32.1 Å². The molecule has 318 valence electrons. The fourth-order valence-corrected chi connectivity index (χ4v) is 6.89. The maximum Gasteiger partial charge on any atom is 0.268 e. The molecule has 0 spiro atoms. The second kappa shape index (κ2) is 36.0. The van der Waals surface area contributed by atoms with Crippen LogP contribution in [0, 0.1) is 0 Å². The van der Waals surface area contributed by atoms with Crippen molar-refractivity contribution in [3.63, 3.8) is 0 Å². The Morgan fingerprint density at radius 2 is 1.24 bits per heavy atom. The van der Waals surface area contributed by atoms with Crippen LogP contribution in [0.2, 0.25) is 0 Å². The van der Waals surface area contributed by atoms with E-state index in [1.807, 2.05) is 33.3 Å². The van der Waals surface area contributed by atoms with E-state index < -0.39 is 32.7 Å². The Morgan fingerprint density at radius 3 is 1.80 bits per heavy atom. The number of aliphatic hydroxyl groups excluding tert-OH is 2. The van der Waals surface area contributed by atoms with Crippen molar-refractivity contribution in [2.24, 2.45) is 0 Å². The summed E-state index contributed by atoms with van der Waals surface area (Å²) in [4.78, 5) is 25.3. The Morgan fingerprint density at radius 1 is 0.704 bits per heavy atom. The molecule has 0 saturated carbocycles. The number of aliphatic hydroxyl groups is 2. The van der Waals surface area contributed by atoms with E-state index in [1.165, 1.54) is 109 Å². The van der Waals surface area contributed by atoms with E-state index in [-0.39, 0.29) is 18.9 Å². The molecule has 3 N–H and O–H groups in total. The van der Waals surface area contributed by atoms with Crippen molar-refractivity contribution in [1.82, 2.24) is 5.32 Å². The highest BCUT2D eigenvalue weighted by atomic mass is 31.2. The van der Waals surface area contributed by atoms with Crippen molar-refractivity contribution in [2.45, 2.75) is 199 Å². The zero-order valence-corrected chi connectivity index (χ0v) is 36.4. The first-order valence-electron chi connectivity index (χ1n) is 21.9. The molecular formula is C44H85N2O7P. The molecule has 4 atom stereocenters. The van der Waals surface area contributed by atoms with Crippen LogP contribution in [-0.2, 0) is 18.4 Å². The molecule has 0 aliphatic rings. The summed E-state index contributed by atoms with van der Waals surface area (Å²) in [6.45, 7) is 4.55. The van der Waals surface area contributed by atoms with Crippen LogP contribution in [0.4, 0.5) is 0 Å². The van der Waals surface area contributed by atoms with E-state index in [1.54, 1.807) is 6.08 Å². The van der Waals surface area contributed by atoms with Crippen molar-refractivity contribution in [2.75, 3.05) is 40.9 Å². The third kappa shape index (κ3) is 37.6. The van der Waals surface area contributed by atoms with Gasteiger partial charge in [0.1, 0.15) is 13.2 Å². The number of allylic oxidation sites excluding steroid dienone is 5. The molecular weight excluding hydrogens is 699 g/mol. The monoisotopic (exact) mass is 785 g/mol. The van der Waals surface area contributed by atoms with Gasteiger partial charge >= 0.3 is 0 Å².